The van der Waals surface area contributed by atoms with Gasteiger partial charge < -0.3 is 25.2 Å². The first-order valence-corrected chi connectivity index (χ1v) is 16.9. The van der Waals surface area contributed by atoms with Gasteiger partial charge in [0.2, 0.25) is 10.0 Å². The van der Waals surface area contributed by atoms with E-state index in [9.17, 15) is 27.9 Å². The van der Waals surface area contributed by atoms with Gasteiger partial charge in [0.1, 0.15) is 5.75 Å². The first-order valence-electron chi connectivity index (χ1n) is 15.4. The van der Waals surface area contributed by atoms with Crippen LogP contribution in [0.2, 0.25) is 0 Å². The first kappa shape index (κ1) is 35.4. The van der Waals surface area contributed by atoms with Crippen molar-refractivity contribution >= 4 is 33.6 Å². The van der Waals surface area contributed by atoms with Crippen LogP contribution in [0.5, 0.6) is 5.75 Å². The van der Waals surface area contributed by atoms with Crippen LogP contribution in [-0.2, 0) is 26.0 Å². The SMILES string of the molecule is CC[C@H](C)CN(C[C@@H](O)C(Cc1ccccc1)NC(=O)[C@@H]1CN(c2cccc(C(=O)NC)c2)C(=O)O1)S(=O)(=O)c1ccc(OC)cc1. The highest BCUT2D eigenvalue weighted by Gasteiger charge is 2.39. The minimum absolute atomic E-state index is 0.0109. The zero-order valence-corrected chi connectivity index (χ0v) is 27.8. The number of hydrogen-bond acceptors (Lipinski definition) is 8. The molecule has 1 unspecified atom stereocenters. The molecule has 252 valence electrons. The van der Waals surface area contributed by atoms with E-state index in [1.807, 2.05) is 44.2 Å². The molecule has 4 atom stereocenters. The second-order valence-corrected chi connectivity index (χ2v) is 13.4. The third-order valence-corrected chi connectivity index (χ3v) is 9.99. The summed E-state index contributed by atoms with van der Waals surface area (Å²) in [5, 5.41) is 17.0. The van der Waals surface area contributed by atoms with Crippen LogP contribution in [-0.4, -0.2) is 87.8 Å². The van der Waals surface area contributed by atoms with Gasteiger partial charge in [-0.05, 0) is 60.4 Å². The predicted molar refractivity (Wildman–Crippen MR) is 177 cm³/mol. The summed E-state index contributed by atoms with van der Waals surface area (Å²) in [5.74, 6) is -0.478. The number of rotatable bonds is 15. The molecule has 3 aromatic carbocycles. The minimum atomic E-state index is -4.03. The Labute approximate surface area is 275 Å². The van der Waals surface area contributed by atoms with E-state index in [1.165, 1.54) is 41.6 Å². The van der Waals surface area contributed by atoms with Crippen molar-refractivity contribution in [1.82, 2.24) is 14.9 Å². The standard InChI is InChI=1S/C34H42N4O8S/c1-5-23(2)20-37(47(43,44)28-16-14-27(45-4)15-17-28)21-30(39)29(18-24-10-7-6-8-11-24)36-33(41)31-22-38(34(42)46-31)26-13-9-12-25(19-26)32(40)35-3/h6-17,19,23,29-31,39H,5,18,20-22H2,1-4H3,(H,35,40)(H,36,41)/t23-,29?,30+,31-/m0/s1. The van der Waals surface area contributed by atoms with Gasteiger partial charge in [0.05, 0.1) is 30.7 Å². The van der Waals surface area contributed by atoms with E-state index in [-0.39, 0.29) is 42.8 Å². The molecule has 0 spiro atoms. The van der Waals surface area contributed by atoms with Crippen molar-refractivity contribution in [2.75, 3.05) is 38.7 Å². The summed E-state index contributed by atoms with van der Waals surface area (Å²) in [7, 11) is -1.04. The molecule has 0 bridgehead atoms. The van der Waals surface area contributed by atoms with Gasteiger partial charge in [-0.1, -0.05) is 56.7 Å². The molecule has 3 N–H and O–H groups in total. The number of carbonyl (C=O) groups excluding carboxylic acids is 3. The number of carbonyl (C=O) groups is 3. The largest absolute Gasteiger partial charge is 0.497 e. The zero-order valence-electron chi connectivity index (χ0n) is 27.0. The summed E-state index contributed by atoms with van der Waals surface area (Å²) < 4.78 is 39.5. The van der Waals surface area contributed by atoms with E-state index >= 15 is 0 Å². The molecule has 3 aromatic rings. The summed E-state index contributed by atoms with van der Waals surface area (Å²) in [6.45, 7) is 3.62. The minimum Gasteiger partial charge on any atom is -0.497 e. The van der Waals surface area contributed by atoms with Crippen LogP contribution in [0.4, 0.5) is 10.5 Å². The van der Waals surface area contributed by atoms with Crippen molar-refractivity contribution in [1.29, 1.82) is 0 Å². The Kier molecular flexibility index (Phi) is 12.0. The molecule has 0 radical (unpaired) electrons. The van der Waals surface area contributed by atoms with Crippen LogP contribution < -0.4 is 20.3 Å². The van der Waals surface area contributed by atoms with E-state index in [0.29, 0.717) is 23.4 Å². The fraction of sp³-hybridized carbons (Fsp3) is 0.382. The average Bonchev–Trinajstić information content (AvgIpc) is 3.49. The normalized spacial score (nSPS) is 16.7. The maximum Gasteiger partial charge on any atom is 0.415 e. The number of nitrogens with zero attached hydrogens (tertiary/aromatic N) is 2. The topological polar surface area (TPSA) is 155 Å². The number of benzene rings is 3. The second-order valence-electron chi connectivity index (χ2n) is 11.5. The lowest BCUT2D eigenvalue weighted by Crippen LogP contribution is -2.53. The van der Waals surface area contributed by atoms with Crippen LogP contribution in [0.15, 0.2) is 83.8 Å². The third-order valence-electron chi connectivity index (χ3n) is 8.14. The summed E-state index contributed by atoms with van der Waals surface area (Å²) in [5.41, 5.74) is 1.53. The van der Waals surface area contributed by atoms with Crippen LogP contribution in [0.3, 0.4) is 0 Å². The highest BCUT2D eigenvalue weighted by atomic mass is 32.2. The molecule has 1 saturated heterocycles. The average molecular weight is 667 g/mol. The van der Waals surface area contributed by atoms with Crippen LogP contribution in [0.25, 0.3) is 0 Å². The summed E-state index contributed by atoms with van der Waals surface area (Å²) in [6, 6.07) is 20.7. The quantitative estimate of drug-likeness (QED) is 0.224. The van der Waals surface area contributed by atoms with Gasteiger partial charge in [-0.25, -0.2) is 13.2 Å². The van der Waals surface area contributed by atoms with Crippen molar-refractivity contribution in [3.63, 3.8) is 0 Å². The zero-order chi connectivity index (χ0) is 34.1. The Morgan fingerprint density at radius 2 is 1.77 bits per heavy atom. The molecule has 1 fully saturated rings. The van der Waals surface area contributed by atoms with Crippen molar-refractivity contribution in [2.24, 2.45) is 5.92 Å². The molecule has 3 amide bonds. The molecule has 0 aliphatic carbocycles. The number of hydrogen-bond donors (Lipinski definition) is 3. The lowest BCUT2D eigenvalue weighted by Gasteiger charge is -2.31. The van der Waals surface area contributed by atoms with E-state index in [0.717, 1.165) is 5.56 Å². The molecular formula is C34H42N4O8S. The lowest BCUT2D eigenvalue weighted by molar-refractivity contribution is -0.129. The van der Waals surface area contributed by atoms with E-state index < -0.39 is 40.3 Å². The van der Waals surface area contributed by atoms with Gasteiger partial charge in [0.25, 0.3) is 11.8 Å². The number of ether oxygens (including phenoxy) is 2. The van der Waals surface area contributed by atoms with Gasteiger partial charge in [0, 0.05) is 31.4 Å². The van der Waals surface area contributed by atoms with Crippen molar-refractivity contribution < 1.29 is 37.4 Å². The lowest BCUT2D eigenvalue weighted by atomic mass is 10.0. The highest BCUT2D eigenvalue weighted by Crippen LogP contribution is 2.25. The Morgan fingerprint density at radius 3 is 2.40 bits per heavy atom. The van der Waals surface area contributed by atoms with Crippen molar-refractivity contribution in [2.45, 2.75) is 49.8 Å². The van der Waals surface area contributed by atoms with Crippen LogP contribution in [0, 0.1) is 5.92 Å². The fourth-order valence-corrected chi connectivity index (χ4v) is 6.75. The maximum absolute atomic E-state index is 13.8. The molecule has 0 saturated carbocycles. The van der Waals surface area contributed by atoms with E-state index in [4.69, 9.17) is 9.47 Å². The molecular weight excluding hydrogens is 624 g/mol. The molecule has 13 heteroatoms. The first-order chi connectivity index (χ1) is 22.5. The Morgan fingerprint density at radius 1 is 1.06 bits per heavy atom. The monoisotopic (exact) mass is 666 g/mol. The van der Waals surface area contributed by atoms with Gasteiger partial charge in [-0.2, -0.15) is 4.31 Å². The van der Waals surface area contributed by atoms with Gasteiger partial charge in [-0.3, -0.25) is 14.5 Å². The second kappa shape index (κ2) is 15.9. The Balaban J connectivity index is 1.56. The van der Waals surface area contributed by atoms with Crippen molar-refractivity contribution in [3.8, 4) is 5.75 Å². The number of aliphatic hydroxyl groups is 1. The van der Waals surface area contributed by atoms with E-state index in [1.54, 1.807) is 30.3 Å². The van der Waals surface area contributed by atoms with Crippen molar-refractivity contribution in [3.05, 3.63) is 90.0 Å². The predicted octanol–water partition coefficient (Wildman–Crippen LogP) is 3.21. The number of amides is 3. The number of cyclic esters (lactones) is 1. The van der Waals surface area contributed by atoms with Gasteiger partial charge in [-0.15, -0.1) is 0 Å². The number of nitrogens with one attached hydrogen (secondary N) is 2. The number of anilines is 1. The van der Waals surface area contributed by atoms with Gasteiger partial charge in [0.15, 0.2) is 6.10 Å². The molecule has 1 heterocycles. The number of methoxy groups -OCH3 is 1. The Hall–Kier alpha value is -4.46. The number of aliphatic hydroxyl groups excluding tert-OH is 1. The van der Waals surface area contributed by atoms with Gasteiger partial charge >= 0.3 is 6.09 Å². The summed E-state index contributed by atoms with van der Waals surface area (Å²) >= 11 is 0. The molecule has 1 aliphatic heterocycles. The molecule has 4 rings (SSSR count). The van der Waals surface area contributed by atoms with Crippen LogP contribution >= 0.6 is 0 Å². The maximum atomic E-state index is 13.8. The molecule has 1 aliphatic rings. The summed E-state index contributed by atoms with van der Waals surface area (Å²) in [6.07, 6.45) is -2.40. The third kappa shape index (κ3) is 8.88. The highest BCUT2D eigenvalue weighted by molar-refractivity contribution is 7.89. The summed E-state index contributed by atoms with van der Waals surface area (Å²) in [4.78, 5) is 39.8. The van der Waals surface area contributed by atoms with E-state index in [2.05, 4.69) is 10.6 Å². The fourth-order valence-electron chi connectivity index (χ4n) is 5.18. The van der Waals surface area contributed by atoms with Crippen LogP contribution in [0.1, 0.15) is 36.2 Å². The molecule has 12 nitrogen and oxygen atoms in total. The number of sulfonamides is 1. The molecule has 47 heavy (non-hydrogen) atoms. The molecule has 0 aromatic heterocycles. The Bertz CT molecular complexity index is 1640. The smallest absolute Gasteiger partial charge is 0.415 e.